The average molecular weight is 475 g/mol. The van der Waals surface area contributed by atoms with E-state index in [1.807, 2.05) is 6.07 Å². The van der Waals surface area contributed by atoms with E-state index in [0.29, 0.717) is 18.3 Å². The van der Waals surface area contributed by atoms with Gasteiger partial charge in [-0.1, -0.05) is 30.3 Å². The van der Waals surface area contributed by atoms with E-state index in [0.717, 1.165) is 32.6 Å². The van der Waals surface area contributed by atoms with Gasteiger partial charge in [0.25, 0.3) is 0 Å². The number of nitrogens with zero attached hydrogens (tertiary/aromatic N) is 2. The lowest BCUT2D eigenvalue weighted by Gasteiger charge is -2.40. The van der Waals surface area contributed by atoms with Crippen molar-refractivity contribution in [2.75, 3.05) is 46.9 Å². The first-order valence-corrected chi connectivity index (χ1v) is 12.7. The molecule has 0 spiro atoms. The summed E-state index contributed by atoms with van der Waals surface area (Å²) in [7, 11) is -0.145. The molecule has 2 atom stereocenters. The SMILES string of the molecule is COc1ccc(S(=O)(=O)N[C@@H](C)C(=O)NCCCN2CCN(C)CC2c2ccccc2)cc1. The van der Waals surface area contributed by atoms with E-state index in [2.05, 4.69) is 51.2 Å². The summed E-state index contributed by atoms with van der Waals surface area (Å²) < 4.78 is 32.6. The lowest BCUT2D eigenvalue weighted by Crippen LogP contribution is -2.48. The van der Waals surface area contributed by atoms with Gasteiger partial charge in [-0.2, -0.15) is 4.72 Å². The predicted octanol–water partition coefficient (Wildman–Crippen LogP) is 1.86. The molecule has 1 aliphatic rings. The Bertz CT molecular complexity index is 999. The van der Waals surface area contributed by atoms with Crippen molar-refractivity contribution >= 4 is 15.9 Å². The summed E-state index contributed by atoms with van der Waals surface area (Å²) in [6, 6.07) is 16.0. The Hall–Kier alpha value is -2.46. The fourth-order valence-electron chi connectivity index (χ4n) is 3.97. The van der Waals surface area contributed by atoms with Crippen LogP contribution in [0.2, 0.25) is 0 Å². The molecule has 1 saturated heterocycles. The number of ether oxygens (including phenoxy) is 1. The third-order valence-electron chi connectivity index (χ3n) is 5.89. The number of sulfonamides is 1. The van der Waals surface area contributed by atoms with Gasteiger partial charge in [0.1, 0.15) is 5.75 Å². The highest BCUT2D eigenvalue weighted by Crippen LogP contribution is 2.24. The van der Waals surface area contributed by atoms with Gasteiger partial charge >= 0.3 is 0 Å². The highest BCUT2D eigenvalue weighted by molar-refractivity contribution is 7.89. The van der Waals surface area contributed by atoms with Crippen LogP contribution >= 0.6 is 0 Å². The minimum Gasteiger partial charge on any atom is -0.497 e. The van der Waals surface area contributed by atoms with Crippen LogP contribution in [0.1, 0.15) is 24.9 Å². The second-order valence-electron chi connectivity index (χ2n) is 8.39. The van der Waals surface area contributed by atoms with Gasteiger partial charge in [0.15, 0.2) is 0 Å². The van der Waals surface area contributed by atoms with Crippen LogP contribution in [0.3, 0.4) is 0 Å². The molecule has 33 heavy (non-hydrogen) atoms. The zero-order valence-corrected chi connectivity index (χ0v) is 20.3. The summed E-state index contributed by atoms with van der Waals surface area (Å²) >= 11 is 0. The molecule has 2 aromatic carbocycles. The molecule has 1 aliphatic heterocycles. The molecule has 1 amide bonds. The molecule has 1 heterocycles. The maximum absolute atomic E-state index is 12.5. The Morgan fingerprint density at radius 1 is 1.12 bits per heavy atom. The quantitative estimate of drug-likeness (QED) is 0.511. The Morgan fingerprint density at radius 3 is 2.48 bits per heavy atom. The number of carbonyl (C=O) groups is 1. The van der Waals surface area contributed by atoms with Gasteiger partial charge in [-0.25, -0.2) is 8.42 Å². The van der Waals surface area contributed by atoms with Crippen LogP contribution in [0.4, 0.5) is 0 Å². The van der Waals surface area contributed by atoms with Crippen LogP contribution in [-0.2, 0) is 14.8 Å². The molecule has 0 aliphatic carbocycles. The maximum Gasteiger partial charge on any atom is 0.241 e. The molecule has 0 radical (unpaired) electrons. The van der Waals surface area contributed by atoms with E-state index in [9.17, 15) is 13.2 Å². The molecular formula is C24H34N4O4S. The van der Waals surface area contributed by atoms with E-state index in [1.54, 1.807) is 19.1 Å². The van der Waals surface area contributed by atoms with E-state index in [1.165, 1.54) is 24.8 Å². The van der Waals surface area contributed by atoms with Gasteiger partial charge in [-0.3, -0.25) is 9.69 Å². The van der Waals surface area contributed by atoms with Gasteiger partial charge in [0.2, 0.25) is 15.9 Å². The Balaban J connectivity index is 1.47. The first kappa shape index (κ1) is 25.2. The Morgan fingerprint density at radius 2 is 1.82 bits per heavy atom. The van der Waals surface area contributed by atoms with Gasteiger partial charge < -0.3 is 15.0 Å². The molecule has 1 unspecified atom stereocenters. The van der Waals surface area contributed by atoms with E-state index >= 15 is 0 Å². The minimum atomic E-state index is -3.80. The van der Waals surface area contributed by atoms with Crippen LogP contribution < -0.4 is 14.8 Å². The Kier molecular flexibility index (Phi) is 8.85. The van der Waals surface area contributed by atoms with E-state index in [4.69, 9.17) is 4.74 Å². The smallest absolute Gasteiger partial charge is 0.241 e. The molecule has 1 fully saturated rings. The Labute approximate surface area is 197 Å². The largest absolute Gasteiger partial charge is 0.497 e. The number of carbonyl (C=O) groups excluding carboxylic acids is 1. The van der Waals surface area contributed by atoms with Gasteiger partial charge in [0, 0.05) is 38.8 Å². The van der Waals surface area contributed by atoms with Crippen molar-refractivity contribution in [3.05, 3.63) is 60.2 Å². The van der Waals surface area contributed by atoms with E-state index < -0.39 is 16.1 Å². The van der Waals surface area contributed by atoms with Crippen molar-refractivity contribution in [3.63, 3.8) is 0 Å². The highest BCUT2D eigenvalue weighted by atomic mass is 32.2. The zero-order chi connectivity index (χ0) is 23.8. The number of hydrogen-bond acceptors (Lipinski definition) is 6. The van der Waals surface area contributed by atoms with Crippen LogP contribution in [0.5, 0.6) is 5.75 Å². The summed E-state index contributed by atoms with van der Waals surface area (Å²) in [4.78, 5) is 17.3. The number of rotatable bonds is 10. The molecule has 8 nitrogen and oxygen atoms in total. The summed E-state index contributed by atoms with van der Waals surface area (Å²) in [5, 5.41) is 2.85. The standard InChI is InChI=1S/C24H34N4O4S/c1-19(26-33(30,31)22-12-10-21(32-3)11-13-22)24(29)25-14-7-15-28-17-16-27(2)18-23(28)20-8-5-4-6-9-20/h4-6,8-13,19,23,26H,7,14-18H2,1-3H3,(H,25,29)/t19-,23?/m0/s1. The third kappa shape index (κ3) is 7.01. The second kappa shape index (κ2) is 11.6. The van der Waals surface area contributed by atoms with Crippen molar-refractivity contribution in [1.29, 1.82) is 0 Å². The van der Waals surface area contributed by atoms with Crippen molar-refractivity contribution in [2.45, 2.75) is 30.3 Å². The minimum absolute atomic E-state index is 0.0879. The number of methoxy groups -OCH3 is 1. The van der Waals surface area contributed by atoms with Gasteiger partial charge in [-0.15, -0.1) is 0 Å². The second-order valence-corrected chi connectivity index (χ2v) is 10.1. The van der Waals surface area contributed by atoms with Crippen molar-refractivity contribution in [2.24, 2.45) is 0 Å². The summed E-state index contributed by atoms with van der Waals surface area (Å²) in [5.74, 6) is 0.222. The summed E-state index contributed by atoms with van der Waals surface area (Å²) in [5.41, 5.74) is 1.30. The predicted molar refractivity (Wildman–Crippen MR) is 129 cm³/mol. The van der Waals surface area contributed by atoms with Crippen LogP contribution in [0.25, 0.3) is 0 Å². The first-order chi connectivity index (χ1) is 15.8. The number of piperazine rings is 1. The molecule has 3 rings (SSSR count). The zero-order valence-electron chi connectivity index (χ0n) is 19.5. The van der Waals surface area contributed by atoms with Gasteiger partial charge in [0.05, 0.1) is 18.0 Å². The monoisotopic (exact) mass is 474 g/mol. The lowest BCUT2D eigenvalue weighted by atomic mass is 10.0. The fourth-order valence-corrected chi connectivity index (χ4v) is 5.17. The van der Waals surface area contributed by atoms with Crippen LogP contribution in [-0.4, -0.2) is 77.0 Å². The van der Waals surface area contributed by atoms with Crippen LogP contribution in [0, 0.1) is 0 Å². The van der Waals surface area contributed by atoms with Crippen molar-refractivity contribution in [1.82, 2.24) is 19.8 Å². The van der Waals surface area contributed by atoms with Gasteiger partial charge in [-0.05, 0) is 50.2 Å². The number of nitrogens with one attached hydrogen (secondary N) is 2. The molecular weight excluding hydrogens is 440 g/mol. The molecule has 2 aromatic rings. The number of amides is 1. The number of likely N-dealkylation sites (N-methyl/N-ethyl adjacent to an activating group) is 1. The molecule has 0 saturated carbocycles. The molecule has 9 heteroatoms. The van der Waals surface area contributed by atoms with Crippen LogP contribution in [0.15, 0.2) is 59.5 Å². The van der Waals surface area contributed by atoms with Crippen molar-refractivity contribution < 1.29 is 17.9 Å². The molecule has 2 N–H and O–H groups in total. The van der Waals surface area contributed by atoms with Crippen molar-refractivity contribution in [3.8, 4) is 5.75 Å². The maximum atomic E-state index is 12.5. The molecule has 180 valence electrons. The summed E-state index contributed by atoms with van der Waals surface area (Å²) in [6.07, 6.45) is 0.788. The topological polar surface area (TPSA) is 91.0 Å². The average Bonchev–Trinajstić information content (AvgIpc) is 2.82. The summed E-state index contributed by atoms with van der Waals surface area (Å²) in [6.45, 7) is 5.85. The first-order valence-electron chi connectivity index (χ1n) is 11.2. The van der Waals surface area contributed by atoms with E-state index in [-0.39, 0.29) is 10.8 Å². The third-order valence-corrected chi connectivity index (χ3v) is 7.45. The lowest BCUT2D eigenvalue weighted by molar-refractivity contribution is -0.122. The normalized spacial score (nSPS) is 18.6. The number of benzene rings is 2. The highest BCUT2D eigenvalue weighted by Gasteiger charge is 2.26. The molecule has 0 bridgehead atoms. The molecule has 0 aromatic heterocycles. The number of hydrogen-bond donors (Lipinski definition) is 2. The fraction of sp³-hybridized carbons (Fsp3) is 0.458.